The van der Waals surface area contributed by atoms with Crippen LogP contribution in [0.5, 0.6) is 5.75 Å². The van der Waals surface area contributed by atoms with E-state index < -0.39 is 12.0 Å². The van der Waals surface area contributed by atoms with E-state index in [2.05, 4.69) is 15.3 Å². The van der Waals surface area contributed by atoms with Gasteiger partial charge in [-0.25, -0.2) is 14.8 Å². The van der Waals surface area contributed by atoms with E-state index in [0.29, 0.717) is 11.5 Å². The lowest BCUT2D eigenvalue weighted by atomic mass is 10.2. The van der Waals surface area contributed by atoms with Gasteiger partial charge in [0.2, 0.25) is 5.91 Å². The van der Waals surface area contributed by atoms with Crippen molar-refractivity contribution >= 4 is 17.7 Å². The minimum atomic E-state index is -0.724. The molecule has 0 radical (unpaired) electrons. The van der Waals surface area contributed by atoms with Crippen LogP contribution in [0.1, 0.15) is 10.4 Å². The van der Waals surface area contributed by atoms with Gasteiger partial charge in [-0.3, -0.25) is 10.1 Å². The number of amides is 2. The summed E-state index contributed by atoms with van der Waals surface area (Å²) in [6.07, 6.45) is 2.10. The lowest BCUT2D eigenvalue weighted by Gasteiger charge is -2.07. The van der Waals surface area contributed by atoms with Gasteiger partial charge in [-0.15, -0.1) is 0 Å². The zero-order valence-corrected chi connectivity index (χ0v) is 13.0. The van der Waals surface area contributed by atoms with Crippen LogP contribution in [0.15, 0.2) is 67.0 Å². The second kappa shape index (κ2) is 7.22. The Morgan fingerprint density at radius 1 is 0.960 bits per heavy atom. The summed E-state index contributed by atoms with van der Waals surface area (Å²) in [6, 6.07) is 15.7. The molecule has 2 aromatic carbocycles. The van der Waals surface area contributed by atoms with E-state index in [9.17, 15) is 9.59 Å². The standard InChI is InChI=1S/C18H14N4O3/c19-16(23)13-7-4-8-14(9-13)22-18(24)25-15-10-20-17(21-11-15)12-5-2-1-3-6-12/h1-11H,(H2,19,23)(H,22,24). The van der Waals surface area contributed by atoms with E-state index in [1.54, 1.807) is 18.2 Å². The number of benzene rings is 2. The molecule has 0 fully saturated rings. The van der Waals surface area contributed by atoms with E-state index in [1.165, 1.54) is 18.5 Å². The maximum Gasteiger partial charge on any atom is 0.417 e. The summed E-state index contributed by atoms with van der Waals surface area (Å²) in [5, 5.41) is 2.51. The van der Waals surface area contributed by atoms with Gasteiger partial charge in [0, 0.05) is 16.8 Å². The van der Waals surface area contributed by atoms with Crippen molar-refractivity contribution in [1.82, 2.24) is 9.97 Å². The third-order valence-corrected chi connectivity index (χ3v) is 3.26. The highest BCUT2D eigenvalue weighted by molar-refractivity contribution is 5.95. The van der Waals surface area contributed by atoms with Crippen LogP contribution in [0.3, 0.4) is 0 Å². The van der Waals surface area contributed by atoms with Crippen molar-refractivity contribution in [3.05, 3.63) is 72.6 Å². The fourth-order valence-electron chi connectivity index (χ4n) is 2.11. The number of nitrogens with two attached hydrogens (primary N) is 1. The van der Waals surface area contributed by atoms with Crippen LogP contribution in [-0.4, -0.2) is 22.0 Å². The van der Waals surface area contributed by atoms with E-state index in [1.807, 2.05) is 30.3 Å². The minimum Gasteiger partial charge on any atom is -0.407 e. The Labute approximate surface area is 143 Å². The molecule has 7 nitrogen and oxygen atoms in total. The number of hydrogen-bond acceptors (Lipinski definition) is 5. The van der Waals surface area contributed by atoms with Crippen LogP contribution in [0.25, 0.3) is 11.4 Å². The predicted octanol–water partition coefficient (Wildman–Crippen LogP) is 2.85. The molecule has 0 aliphatic carbocycles. The number of carbonyl (C=O) groups is 2. The topological polar surface area (TPSA) is 107 Å². The molecule has 0 saturated heterocycles. The zero-order valence-electron chi connectivity index (χ0n) is 13.0. The molecule has 0 saturated carbocycles. The Bertz CT molecular complexity index is 896. The predicted molar refractivity (Wildman–Crippen MR) is 92.1 cm³/mol. The molecule has 2 amide bonds. The monoisotopic (exact) mass is 334 g/mol. The van der Waals surface area contributed by atoms with Crippen molar-refractivity contribution in [2.45, 2.75) is 0 Å². The van der Waals surface area contributed by atoms with Gasteiger partial charge in [-0.1, -0.05) is 36.4 Å². The maximum absolute atomic E-state index is 11.9. The molecular weight excluding hydrogens is 320 g/mol. The van der Waals surface area contributed by atoms with Crippen molar-refractivity contribution in [2.75, 3.05) is 5.32 Å². The van der Waals surface area contributed by atoms with Gasteiger partial charge in [0.25, 0.3) is 0 Å². The van der Waals surface area contributed by atoms with Gasteiger partial charge in [0.05, 0.1) is 12.4 Å². The normalized spacial score (nSPS) is 10.1. The molecule has 1 heterocycles. The van der Waals surface area contributed by atoms with Crippen molar-refractivity contribution in [2.24, 2.45) is 5.73 Å². The van der Waals surface area contributed by atoms with Gasteiger partial charge < -0.3 is 10.5 Å². The van der Waals surface area contributed by atoms with Crippen LogP contribution >= 0.6 is 0 Å². The highest BCUT2D eigenvalue weighted by Gasteiger charge is 2.08. The van der Waals surface area contributed by atoms with Crippen molar-refractivity contribution in [3.63, 3.8) is 0 Å². The fraction of sp³-hybridized carbons (Fsp3) is 0. The van der Waals surface area contributed by atoms with Crippen molar-refractivity contribution in [3.8, 4) is 17.1 Å². The lowest BCUT2D eigenvalue weighted by Crippen LogP contribution is -2.18. The second-order valence-corrected chi connectivity index (χ2v) is 5.07. The molecule has 7 heteroatoms. The number of rotatable bonds is 4. The number of primary amides is 1. The van der Waals surface area contributed by atoms with Crippen LogP contribution in [0.4, 0.5) is 10.5 Å². The highest BCUT2D eigenvalue weighted by atomic mass is 16.6. The van der Waals surface area contributed by atoms with Crippen LogP contribution in [-0.2, 0) is 0 Å². The molecule has 0 aliphatic rings. The summed E-state index contributed by atoms with van der Waals surface area (Å²) >= 11 is 0. The Morgan fingerprint density at radius 3 is 2.36 bits per heavy atom. The molecule has 0 unspecified atom stereocenters. The van der Waals surface area contributed by atoms with Gasteiger partial charge in [0.15, 0.2) is 11.6 Å². The number of nitrogens with one attached hydrogen (secondary N) is 1. The average Bonchev–Trinajstić information content (AvgIpc) is 2.63. The first-order valence-electron chi connectivity index (χ1n) is 7.38. The molecule has 3 aromatic rings. The number of carbonyl (C=O) groups excluding carboxylic acids is 2. The molecule has 25 heavy (non-hydrogen) atoms. The Balaban J connectivity index is 1.65. The Morgan fingerprint density at radius 2 is 1.68 bits per heavy atom. The molecule has 124 valence electrons. The van der Waals surface area contributed by atoms with E-state index >= 15 is 0 Å². The highest BCUT2D eigenvalue weighted by Crippen LogP contribution is 2.16. The van der Waals surface area contributed by atoms with Gasteiger partial charge in [-0.2, -0.15) is 0 Å². The molecular formula is C18H14N4O3. The largest absolute Gasteiger partial charge is 0.417 e. The quantitative estimate of drug-likeness (QED) is 0.763. The fourth-order valence-corrected chi connectivity index (χ4v) is 2.11. The van der Waals surface area contributed by atoms with E-state index in [-0.39, 0.29) is 11.3 Å². The molecule has 0 aliphatic heterocycles. The average molecular weight is 334 g/mol. The number of nitrogens with zero attached hydrogens (tertiary/aromatic N) is 2. The van der Waals surface area contributed by atoms with Gasteiger partial charge in [0.1, 0.15) is 0 Å². The maximum atomic E-state index is 11.9. The van der Waals surface area contributed by atoms with E-state index in [0.717, 1.165) is 5.56 Å². The zero-order chi connectivity index (χ0) is 17.6. The number of ether oxygens (including phenoxy) is 1. The van der Waals surface area contributed by atoms with Crippen molar-refractivity contribution in [1.29, 1.82) is 0 Å². The molecule has 1 aromatic heterocycles. The number of aromatic nitrogens is 2. The Hall–Kier alpha value is -3.74. The summed E-state index contributed by atoms with van der Waals surface area (Å²) in [5.41, 5.74) is 6.74. The molecule has 3 N–H and O–H groups in total. The minimum absolute atomic E-state index is 0.197. The van der Waals surface area contributed by atoms with Crippen molar-refractivity contribution < 1.29 is 14.3 Å². The third-order valence-electron chi connectivity index (χ3n) is 3.26. The molecule has 0 atom stereocenters. The summed E-state index contributed by atoms with van der Waals surface area (Å²) in [5.74, 6) is 0.146. The molecule has 3 rings (SSSR count). The number of hydrogen-bond donors (Lipinski definition) is 2. The Kier molecular flexibility index (Phi) is 4.66. The van der Waals surface area contributed by atoms with E-state index in [4.69, 9.17) is 10.5 Å². The van der Waals surface area contributed by atoms with Crippen LogP contribution < -0.4 is 15.8 Å². The molecule has 0 spiro atoms. The SMILES string of the molecule is NC(=O)c1cccc(NC(=O)Oc2cnc(-c3ccccc3)nc2)c1. The lowest BCUT2D eigenvalue weighted by molar-refractivity contribution is 0.1000. The number of anilines is 1. The summed E-state index contributed by atoms with van der Waals surface area (Å²) in [6.45, 7) is 0. The summed E-state index contributed by atoms with van der Waals surface area (Å²) in [7, 11) is 0. The second-order valence-electron chi connectivity index (χ2n) is 5.07. The first-order valence-corrected chi connectivity index (χ1v) is 7.38. The van der Waals surface area contributed by atoms with Gasteiger partial charge >= 0.3 is 6.09 Å². The first-order chi connectivity index (χ1) is 12.1. The van der Waals surface area contributed by atoms with Gasteiger partial charge in [-0.05, 0) is 18.2 Å². The summed E-state index contributed by atoms with van der Waals surface area (Å²) in [4.78, 5) is 31.4. The third kappa shape index (κ3) is 4.17. The molecule has 0 bridgehead atoms. The summed E-state index contributed by atoms with van der Waals surface area (Å²) < 4.78 is 5.12. The first kappa shape index (κ1) is 16.1. The van der Waals surface area contributed by atoms with Crippen LogP contribution in [0, 0.1) is 0 Å². The smallest absolute Gasteiger partial charge is 0.407 e. The van der Waals surface area contributed by atoms with Crippen LogP contribution in [0.2, 0.25) is 0 Å².